The van der Waals surface area contributed by atoms with Crippen molar-refractivity contribution in [2.24, 2.45) is 0 Å². The normalized spacial score (nSPS) is 14.3. The summed E-state index contributed by atoms with van der Waals surface area (Å²) in [5.74, 6) is 0.226. The standard InChI is InChI=1S/C18H20N2O.ClH/c21-18(20-12-10-19-11-13-20)14-15-6-8-17(9-7-15)16-4-2-1-3-5-16;/h1-9,19H,10-14H2;1H. The van der Waals surface area contributed by atoms with Crippen molar-refractivity contribution < 1.29 is 4.79 Å². The third-order valence-corrected chi connectivity index (χ3v) is 3.89. The number of amides is 1. The fourth-order valence-corrected chi connectivity index (χ4v) is 2.65. The third-order valence-electron chi connectivity index (χ3n) is 3.89. The number of hydrogen-bond donors (Lipinski definition) is 1. The summed E-state index contributed by atoms with van der Waals surface area (Å²) >= 11 is 0. The van der Waals surface area contributed by atoms with Crippen LogP contribution >= 0.6 is 12.4 Å². The summed E-state index contributed by atoms with van der Waals surface area (Å²) in [7, 11) is 0. The molecule has 0 unspecified atom stereocenters. The number of hydrogen-bond acceptors (Lipinski definition) is 2. The molecule has 1 amide bonds. The highest BCUT2D eigenvalue weighted by Crippen LogP contribution is 2.19. The summed E-state index contributed by atoms with van der Waals surface area (Å²) in [5, 5.41) is 3.27. The van der Waals surface area contributed by atoms with Gasteiger partial charge in [-0.2, -0.15) is 0 Å². The van der Waals surface area contributed by atoms with Gasteiger partial charge in [0.15, 0.2) is 0 Å². The zero-order valence-corrected chi connectivity index (χ0v) is 13.3. The van der Waals surface area contributed by atoms with Crippen LogP contribution in [0.3, 0.4) is 0 Å². The van der Waals surface area contributed by atoms with Crippen molar-refractivity contribution in [1.29, 1.82) is 0 Å². The van der Waals surface area contributed by atoms with E-state index in [0.717, 1.165) is 31.7 Å². The molecule has 3 nitrogen and oxygen atoms in total. The number of rotatable bonds is 3. The van der Waals surface area contributed by atoms with E-state index in [1.807, 2.05) is 23.1 Å². The first kappa shape index (κ1) is 16.5. The Bertz CT molecular complexity index is 592. The van der Waals surface area contributed by atoms with Gasteiger partial charge in [0.05, 0.1) is 6.42 Å². The maximum atomic E-state index is 12.2. The average molecular weight is 317 g/mol. The molecule has 0 aliphatic carbocycles. The van der Waals surface area contributed by atoms with Crippen molar-refractivity contribution in [3.05, 3.63) is 60.2 Å². The van der Waals surface area contributed by atoms with E-state index in [4.69, 9.17) is 0 Å². The molecule has 0 saturated carbocycles. The van der Waals surface area contributed by atoms with Crippen molar-refractivity contribution in [2.45, 2.75) is 6.42 Å². The Hall–Kier alpha value is -1.84. The Balaban J connectivity index is 0.00000176. The average Bonchev–Trinajstić information content (AvgIpc) is 2.57. The van der Waals surface area contributed by atoms with Crippen LogP contribution in [0.1, 0.15) is 5.56 Å². The number of piperazine rings is 1. The highest BCUT2D eigenvalue weighted by atomic mass is 35.5. The van der Waals surface area contributed by atoms with E-state index in [1.165, 1.54) is 11.1 Å². The highest BCUT2D eigenvalue weighted by molar-refractivity contribution is 5.85. The van der Waals surface area contributed by atoms with Crippen LogP contribution in [0.4, 0.5) is 0 Å². The molecule has 2 aromatic carbocycles. The SMILES string of the molecule is Cl.O=C(Cc1ccc(-c2ccccc2)cc1)N1CCNCC1. The lowest BCUT2D eigenvalue weighted by molar-refractivity contribution is -0.131. The van der Waals surface area contributed by atoms with E-state index < -0.39 is 0 Å². The molecule has 0 spiro atoms. The first-order valence-corrected chi connectivity index (χ1v) is 7.46. The van der Waals surface area contributed by atoms with Gasteiger partial charge >= 0.3 is 0 Å². The van der Waals surface area contributed by atoms with Crippen molar-refractivity contribution in [3.8, 4) is 11.1 Å². The van der Waals surface area contributed by atoms with Gasteiger partial charge < -0.3 is 10.2 Å². The molecule has 0 bridgehead atoms. The summed E-state index contributed by atoms with van der Waals surface area (Å²) in [6.07, 6.45) is 0.495. The predicted octanol–water partition coefficient (Wildman–Crippen LogP) is 2.75. The summed E-state index contributed by atoms with van der Waals surface area (Å²) in [6, 6.07) is 18.6. The lowest BCUT2D eigenvalue weighted by Gasteiger charge is -2.27. The maximum Gasteiger partial charge on any atom is 0.227 e. The van der Waals surface area contributed by atoms with E-state index in [-0.39, 0.29) is 18.3 Å². The first-order chi connectivity index (χ1) is 10.3. The van der Waals surface area contributed by atoms with Gasteiger partial charge in [-0.1, -0.05) is 54.6 Å². The minimum atomic E-state index is 0. The molecular weight excluding hydrogens is 296 g/mol. The fourth-order valence-electron chi connectivity index (χ4n) is 2.65. The Labute approximate surface area is 137 Å². The number of nitrogens with one attached hydrogen (secondary N) is 1. The minimum absolute atomic E-state index is 0. The van der Waals surface area contributed by atoms with Gasteiger partial charge in [0, 0.05) is 26.2 Å². The minimum Gasteiger partial charge on any atom is -0.340 e. The summed E-state index contributed by atoms with van der Waals surface area (Å²) < 4.78 is 0. The third kappa shape index (κ3) is 4.09. The number of nitrogens with zero attached hydrogens (tertiary/aromatic N) is 1. The van der Waals surface area contributed by atoms with Gasteiger partial charge in [-0.25, -0.2) is 0 Å². The van der Waals surface area contributed by atoms with Crippen molar-refractivity contribution >= 4 is 18.3 Å². The van der Waals surface area contributed by atoms with Gasteiger partial charge in [-0.15, -0.1) is 12.4 Å². The van der Waals surface area contributed by atoms with Crippen molar-refractivity contribution in [1.82, 2.24) is 10.2 Å². The molecular formula is C18H21ClN2O. The molecule has 1 saturated heterocycles. The fraction of sp³-hybridized carbons (Fsp3) is 0.278. The second kappa shape index (κ2) is 7.97. The van der Waals surface area contributed by atoms with Crippen LogP contribution < -0.4 is 5.32 Å². The molecule has 1 heterocycles. The number of carbonyl (C=O) groups excluding carboxylic acids is 1. The molecule has 4 heteroatoms. The Morgan fingerprint density at radius 3 is 2.14 bits per heavy atom. The second-order valence-electron chi connectivity index (χ2n) is 5.37. The molecule has 3 rings (SSSR count). The molecule has 1 aliphatic rings. The van der Waals surface area contributed by atoms with Crippen LogP contribution in [0.5, 0.6) is 0 Å². The number of benzene rings is 2. The van der Waals surface area contributed by atoms with Crippen LogP contribution in [0.2, 0.25) is 0 Å². The van der Waals surface area contributed by atoms with Crippen LogP contribution in [-0.4, -0.2) is 37.0 Å². The largest absolute Gasteiger partial charge is 0.340 e. The van der Waals surface area contributed by atoms with Gasteiger partial charge in [0.2, 0.25) is 5.91 Å². The maximum absolute atomic E-state index is 12.2. The second-order valence-corrected chi connectivity index (χ2v) is 5.37. The Morgan fingerprint density at radius 2 is 1.50 bits per heavy atom. The lowest BCUT2D eigenvalue weighted by Crippen LogP contribution is -2.46. The number of halogens is 1. The van der Waals surface area contributed by atoms with E-state index >= 15 is 0 Å². The smallest absolute Gasteiger partial charge is 0.227 e. The van der Waals surface area contributed by atoms with E-state index in [1.54, 1.807) is 0 Å². The zero-order chi connectivity index (χ0) is 14.5. The van der Waals surface area contributed by atoms with Gasteiger partial charge in [0.1, 0.15) is 0 Å². The molecule has 0 atom stereocenters. The molecule has 116 valence electrons. The molecule has 2 aromatic rings. The topological polar surface area (TPSA) is 32.3 Å². The predicted molar refractivity (Wildman–Crippen MR) is 92.3 cm³/mol. The zero-order valence-electron chi connectivity index (χ0n) is 12.5. The highest BCUT2D eigenvalue weighted by Gasteiger charge is 2.16. The lowest BCUT2D eigenvalue weighted by atomic mass is 10.0. The molecule has 0 radical (unpaired) electrons. The van der Waals surface area contributed by atoms with Crippen LogP contribution in [0.15, 0.2) is 54.6 Å². The number of carbonyl (C=O) groups is 1. The monoisotopic (exact) mass is 316 g/mol. The van der Waals surface area contributed by atoms with Crippen molar-refractivity contribution in [3.63, 3.8) is 0 Å². The summed E-state index contributed by atoms with van der Waals surface area (Å²) in [4.78, 5) is 14.2. The summed E-state index contributed by atoms with van der Waals surface area (Å²) in [5.41, 5.74) is 3.48. The first-order valence-electron chi connectivity index (χ1n) is 7.46. The molecule has 1 fully saturated rings. The Kier molecular flexibility index (Phi) is 5.99. The van der Waals surface area contributed by atoms with Crippen LogP contribution in [0, 0.1) is 0 Å². The van der Waals surface area contributed by atoms with Gasteiger partial charge in [-0.05, 0) is 16.7 Å². The van der Waals surface area contributed by atoms with E-state index in [9.17, 15) is 4.79 Å². The van der Waals surface area contributed by atoms with E-state index in [0.29, 0.717) is 6.42 Å². The molecule has 22 heavy (non-hydrogen) atoms. The van der Waals surface area contributed by atoms with Crippen LogP contribution in [-0.2, 0) is 11.2 Å². The van der Waals surface area contributed by atoms with Crippen molar-refractivity contribution in [2.75, 3.05) is 26.2 Å². The molecule has 1 aliphatic heterocycles. The van der Waals surface area contributed by atoms with Gasteiger partial charge in [-0.3, -0.25) is 4.79 Å². The van der Waals surface area contributed by atoms with E-state index in [2.05, 4.69) is 41.7 Å². The quantitative estimate of drug-likeness (QED) is 0.944. The molecule has 1 N–H and O–H groups in total. The summed E-state index contributed by atoms with van der Waals surface area (Å²) in [6.45, 7) is 3.44. The molecule has 0 aromatic heterocycles. The van der Waals surface area contributed by atoms with Crippen LogP contribution in [0.25, 0.3) is 11.1 Å². The van der Waals surface area contributed by atoms with Gasteiger partial charge in [0.25, 0.3) is 0 Å². The Morgan fingerprint density at radius 1 is 0.909 bits per heavy atom.